The number of anilines is 4. The van der Waals surface area contributed by atoms with Crippen LogP contribution in [0.5, 0.6) is 11.6 Å². The van der Waals surface area contributed by atoms with E-state index in [9.17, 15) is 23.3 Å². The molecular formula is C55H63N9O9S. The Bertz CT molecular complexity index is 3170. The number of benzene rings is 3. The number of carbonyl (C=O) groups excluding carboxylic acids is 1. The number of nitro groups is 1. The molecule has 8 aliphatic rings. The number of nitrogens with zero attached hydrogens (tertiary/aromatic N) is 6. The fourth-order valence-corrected chi connectivity index (χ4v) is 14.6. The second kappa shape index (κ2) is 18.5. The number of amides is 1. The van der Waals surface area contributed by atoms with Crippen molar-refractivity contribution in [3.63, 3.8) is 0 Å². The third kappa shape index (κ3) is 8.53. The maximum atomic E-state index is 14.8. The van der Waals surface area contributed by atoms with Gasteiger partial charge in [-0.05, 0) is 105 Å². The topological polar surface area (TPSA) is 197 Å². The minimum Gasteiger partial charge on any atom is -0.489 e. The number of piperidine rings is 1. The highest BCUT2D eigenvalue weighted by atomic mass is 32.2. The molecule has 3 aromatic carbocycles. The quantitative estimate of drug-likeness (QED) is 0.0856. The number of morpholine rings is 1. The van der Waals surface area contributed by atoms with Crippen LogP contribution >= 0.6 is 0 Å². The molecule has 3 N–H and O–H groups in total. The smallest absolute Gasteiger partial charge is 0.297 e. The Kier molecular flexibility index (Phi) is 11.9. The Labute approximate surface area is 430 Å². The van der Waals surface area contributed by atoms with Gasteiger partial charge in [0.1, 0.15) is 24.0 Å². The number of pyridine rings is 1. The van der Waals surface area contributed by atoms with Gasteiger partial charge in [0.05, 0.1) is 53.0 Å². The van der Waals surface area contributed by atoms with Crippen molar-refractivity contribution in [1.82, 2.24) is 24.5 Å². The molecule has 1 amide bonds. The van der Waals surface area contributed by atoms with E-state index in [-0.39, 0.29) is 53.2 Å². The fourth-order valence-electron chi connectivity index (χ4n) is 13.6. The summed E-state index contributed by atoms with van der Waals surface area (Å²) in [5.41, 5.74) is 6.49. The van der Waals surface area contributed by atoms with E-state index in [0.717, 1.165) is 68.2 Å². The van der Waals surface area contributed by atoms with Gasteiger partial charge < -0.3 is 39.0 Å². The summed E-state index contributed by atoms with van der Waals surface area (Å²) in [7, 11) is -4.70. The van der Waals surface area contributed by atoms with Gasteiger partial charge in [0.2, 0.25) is 5.88 Å². The van der Waals surface area contributed by atoms with Gasteiger partial charge in [-0.2, -0.15) is 4.98 Å². The number of rotatable bonds is 11. The first kappa shape index (κ1) is 47.5. The van der Waals surface area contributed by atoms with Gasteiger partial charge >= 0.3 is 0 Å². The summed E-state index contributed by atoms with van der Waals surface area (Å²) in [5, 5.41) is 16.7. The average molecular weight is 1030 g/mol. The third-order valence-electron chi connectivity index (χ3n) is 17.5. The molecule has 0 radical (unpaired) electrons. The summed E-state index contributed by atoms with van der Waals surface area (Å²) in [6.45, 7) is 12.8. The van der Waals surface area contributed by atoms with Crippen molar-refractivity contribution in [2.75, 3.05) is 80.8 Å². The monoisotopic (exact) mass is 1030 g/mol. The summed E-state index contributed by atoms with van der Waals surface area (Å²) < 4.78 is 55.6. The van der Waals surface area contributed by atoms with Gasteiger partial charge in [0.15, 0.2) is 11.4 Å². The molecular weight excluding hydrogens is 963 g/mol. The van der Waals surface area contributed by atoms with Crippen LogP contribution < -0.4 is 29.3 Å². The molecule has 2 bridgehead atoms. The summed E-state index contributed by atoms with van der Waals surface area (Å²) >= 11 is 0. The number of aromatic nitrogens is 2. The number of H-pyrrole nitrogens is 1. The van der Waals surface area contributed by atoms with Crippen LogP contribution in [0.25, 0.3) is 16.6 Å². The molecule has 1 aliphatic carbocycles. The molecule has 19 heteroatoms. The van der Waals surface area contributed by atoms with Crippen LogP contribution in [0.15, 0.2) is 84.4 Å². The van der Waals surface area contributed by atoms with Crippen molar-refractivity contribution in [2.45, 2.75) is 99.6 Å². The Morgan fingerprint density at radius 3 is 2.62 bits per heavy atom. The van der Waals surface area contributed by atoms with Gasteiger partial charge in [-0.1, -0.05) is 36.4 Å². The van der Waals surface area contributed by atoms with Crippen molar-refractivity contribution in [2.24, 2.45) is 11.3 Å². The number of ether oxygens (including phenoxy) is 4. The van der Waals surface area contributed by atoms with E-state index in [4.69, 9.17) is 23.9 Å². The van der Waals surface area contributed by atoms with E-state index in [1.165, 1.54) is 42.9 Å². The predicted octanol–water partition coefficient (Wildman–Crippen LogP) is 7.79. The van der Waals surface area contributed by atoms with Crippen molar-refractivity contribution in [3.8, 4) is 11.6 Å². The number of allylic oxidation sites excluding steroid dienone is 1. The number of carbonyl (C=O) groups is 1. The number of likely N-dealkylation sites (tertiary alicyclic amines) is 2. The standard InChI is InChI=1S/C55H63N9O9S/c1-33(2)42-6-3-4-7-43(42)45-8-5-16-62(45)39-25-55(26-39)13-17-60(18-14-55)37-9-10-44(46(22-37)63-27-35-30-70-19-12-49(35)73-54-48(63)20-34-11-15-56-52(34)58-54)53(65)59-74(68,69)41-23-47(64(66)67)51-50(24-41)72-31-36(57-51)28-61-29-40-21-38(61)32-71-40/h3-4,6-7,9-11,15,20,22-24,35-36,38-40,45,49,57H,1,5,8,12-14,16-19,21,25-32H2,2H3,(H,56,58)(H,59,65)/t35-,36-,38+,40+,45-,49+/m0/s1. The van der Waals surface area contributed by atoms with Crippen LogP contribution in [0.2, 0.25) is 0 Å². The van der Waals surface area contributed by atoms with E-state index in [2.05, 4.69) is 67.5 Å². The third-order valence-corrected chi connectivity index (χ3v) is 18.8. The zero-order chi connectivity index (χ0) is 50.5. The second-order valence-corrected chi connectivity index (χ2v) is 23.8. The maximum Gasteiger partial charge on any atom is 0.297 e. The lowest BCUT2D eigenvalue weighted by atomic mass is 9.59. The molecule has 74 heavy (non-hydrogen) atoms. The lowest BCUT2D eigenvalue weighted by Gasteiger charge is -2.56. The Morgan fingerprint density at radius 2 is 1.82 bits per heavy atom. The number of hydrogen-bond acceptors (Lipinski definition) is 15. The highest BCUT2D eigenvalue weighted by molar-refractivity contribution is 7.90. The van der Waals surface area contributed by atoms with Gasteiger partial charge in [-0.25, -0.2) is 13.1 Å². The minimum atomic E-state index is -4.70. The van der Waals surface area contributed by atoms with Crippen molar-refractivity contribution in [3.05, 3.63) is 106 Å². The first-order valence-corrected chi connectivity index (χ1v) is 27.9. The van der Waals surface area contributed by atoms with E-state index >= 15 is 0 Å². The van der Waals surface area contributed by atoms with Crippen LogP contribution in [0.4, 0.5) is 28.4 Å². The molecule has 5 aromatic rings. The Morgan fingerprint density at radius 1 is 0.973 bits per heavy atom. The summed E-state index contributed by atoms with van der Waals surface area (Å²) in [5.74, 6) is -0.563. The number of sulfonamides is 1. The van der Waals surface area contributed by atoms with Crippen molar-refractivity contribution in [1.29, 1.82) is 0 Å². The molecule has 6 atom stereocenters. The highest BCUT2D eigenvalue weighted by Gasteiger charge is 2.50. The molecule has 2 aromatic heterocycles. The minimum absolute atomic E-state index is 0.0268. The second-order valence-electron chi connectivity index (χ2n) is 22.1. The van der Waals surface area contributed by atoms with Crippen LogP contribution in [0.1, 0.15) is 85.8 Å². The highest BCUT2D eigenvalue weighted by Crippen LogP contribution is 2.55. The van der Waals surface area contributed by atoms with E-state index in [1.54, 1.807) is 6.07 Å². The molecule has 9 heterocycles. The Balaban J connectivity index is 0.786. The molecule has 7 aliphatic heterocycles. The molecule has 388 valence electrons. The van der Waals surface area contributed by atoms with Crippen molar-refractivity contribution >= 4 is 61.0 Å². The lowest BCUT2D eigenvalue weighted by Crippen LogP contribution is -2.55. The van der Waals surface area contributed by atoms with E-state index < -0.39 is 31.4 Å². The molecule has 13 rings (SSSR count). The SMILES string of the molecule is C=C(C)c1ccccc1[C@@H]1CCCN1C1CC2(CCN(c3ccc(C(=O)NS(=O)(=O)c4cc5c(c([N+](=O)[O-])c4)N[C@@H](CN4C[C@H]6C[C@@H]4CO6)CO5)c(N4C[C@H]5COCC[C@H]5Oc5nc6[nH]ccc6cc54)c3)CC2)C1. The molecule has 1 saturated carbocycles. The zero-order valence-electron chi connectivity index (χ0n) is 41.7. The molecule has 0 unspecified atom stereocenters. The van der Waals surface area contributed by atoms with Crippen LogP contribution in [-0.4, -0.2) is 135 Å². The van der Waals surface area contributed by atoms with Crippen molar-refractivity contribution < 1.29 is 37.1 Å². The summed E-state index contributed by atoms with van der Waals surface area (Å²) in [4.78, 5) is 44.0. The maximum absolute atomic E-state index is 14.8. The molecule has 18 nitrogen and oxygen atoms in total. The molecule has 1 spiro atoms. The van der Waals surface area contributed by atoms with Gasteiger partial charge in [0, 0.05) is 92.6 Å². The summed E-state index contributed by atoms with van der Waals surface area (Å²) in [6.07, 6.45) is 10.2. The first-order chi connectivity index (χ1) is 35.8. The van der Waals surface area contributed by atoms with Gasteiger partial charge in [-0.3, -0.25) is 24.7 Å². The lowest BCUT2D eigenvalue weighted by molar-refractivity contribution is -0.384. The van der Waals surface area contributed by atoms with Gasteiger partial charge in [0.25, 0.3) is 21.6 Å². The normalized spacial score (nSPS) is 26.6. The van der Waals surface area contributed by atoms with Crippen LogP contribution in [-0.2, 0) is 19.5 Å². The van der Waals surface area contributed by atoms with Gasteiger partial charge in [-0.15, -0.1) is 0 Å². The van der Waals surface area contributed by atoms with E-state index in [0.29, 0.717) is 80.4 Å². The molecule has 5 saturated heterocycles. The number of aromatic amines is 1. The fraction of sp³-hybridized carbons (Fsp3) is 0.491. The molecule has 6 fully saturated rings. The van der Waals surface area contributed by atoms with Crippen LogP contribution in [0, 0.1) is 21.4 Å². The average Bonchev–Trinajstić information content (AvgIpc) is 4.23. The van der Waals surface area contributed by atoms with Crippen LogP contribution in [0.3, 0.4) is 0 Å². The summed E-state index contributed by atoms with van der Waals surface area (Å²) in [6, 6.07) is 21.5. The Hall–Kier alpha value is -6.25. The number of nitro benzene ring substituents is 1. The number of nitrogens with one attached hydrogen (secondary N) is 3. The first-order valence-electron chi connectivity index (χ1n) is 26.4. The zero-order valence-corrected chi connectivity index (χ0v) is 42.5. The number of hydrogen-bond donors (Lipinski definition) is 3. The predicted molar refractivity (Wildman–Crippen MR) is 280 cm³/mol. The number of fused-ring (bicyclic) bond motifs is 6. The van der Waals surface area contributed by atoms with E-state index in [1.807, 2.05) is 35.4 Å². The largest absolute Gasteiger partial charge is 0.489 e.